The van der Waals surface area contributed by atoms with Crippen molar-refractivity contribution in [2.24, 2.45) is 0 Å². The fraction of sp³-hybridized carbons (Fsp3) is 0.895. The maximum absolute atomic E-state index is 6.82. The zero-order valence-corrected chi connectivity index (χ0v) is 17.7. The lowest BCUT2D eigenvalue weighted by molar-refractivity contribution is -0.227. The van der Waals surface area contributed by atoms with Crippen molar-refractivity contribution in [3.8, 4) is 0 Å². The van der Waals surface area contributed by atoms with Crippen LogP contribution in [0.2, 0.25) is 16.6 Å². The zero-order valence-electron chi connectivity index (χ0n) is 16.7. The van der Waals surface area contributed by atoms with Gasteiger partial charge in [-0.05, 0) is 23.0 Å². The molecule has 23 heavy (non-hydrogen) atoms. The predicted octanol–water partition coefficient (Wildman–Crippen LogP) is 6.36. The molecule has 0 aromatic rings. The van der Waals surface area contributed by atoms with E-state index in [0.29, 0.717) is 16.6 Å². The first kappa shape index (κ1) is 20.6. The molecule has 1 aliphatic heterocycles. The number of hydrogen-bond donors (Lipinski definition) is 0. The van der Waals surface area contributed by atoms with Gasteiger partial charge < -0.3 is 13.9 Å². The minimum atomic E-state index is -1.97. The third kappa shape index (κ3) is 4.76. The normalized spacial score (nSPS) is 21.6. The lowest BCUT2D eigenvalue weighted by Crippen LogP contribution is -2.50. The maximum atomic E-state index is 6.82. The van der Waals surface area contributed by atoms with Crippen molar-refractivity contribution >= 4 is 8.32 Å². The Balaban J connectivity index is 3.10. The summed E-state index contributed by atoms with van der Waals surface area (Å²) in [5, 5.41) is 0. The van der Waals surface area contributed by atoms with Crippen molar-refractivity contribution in [1.29, 1.82) is 0 Å². The topological polar surface area (TPSA) is 27.7 Å². The highest BCUT2D eigenvalue weighted by Gasteiger charge is 2.49. The molecule has 0 spiro atoms. The molecule has 1 aliphatic rings. The standard InChI is InChI=1S/C19H38O3Si/c1-10-11-12-17-18(13-20-19(8,9)21-17)22-23(14(2)3,15(4)5)16(6)7/h13-17H,10-12H2,1-9H3/t17-/m0/s1. The SMILES string of the molecule is CCCC[C@@H]1OC(C)(C)OC=C1O[Si](C(C)C)(C(C)C)C(C)C. The highest BCUT2D eigenvalue weighted by molar-refractivity contribution is 6.77. The first-order valence-electron chi connectivity index (χ1n) is 9.31. The van der Waals surface area contributed by atoms with Crippen molar-refractivity contribution in [2.45, 2.75) is 110 Å². The Morgan fingerprint density at radius 3 is 2.04 bits per heavy atom. The van der Waals surface area contributed by atoms with E-state index in [-0.39, 0.29) is 6.10 Å². The van der Waals surface area contributed by atoms with E-state index in [2.05, 4.69) is 48.5 Å². The summed E-state index contributed by atoms with van der Waals surface area (Å²) < 4.78 is 18.8. The van der Waals surface area contributed by atoms with Crippen LogP contribution in [-0.2, 0) is 13.9 Å². The van der Waals surface area contributed by atoms with Gasteiger partial charge in [0, 0.05) is 13.8 Å². The van der Waals surface area contributed by atoms with Crippen LogP contribution in [-0.4, -0.2) is 20.2 Å². The average molecular weight is 343 g/mol. The predicted molar refractivity (Wildman–Crippen MR) is 99.8 cm³/mol. The minimum absolute atomic E-state index is 0.0156. The van der Waals surface area contributed by atoms with E-state index in [9.17, 15) is 0 Å². The van der Waals surface area contributed by atoms with Crippen LogP contribution in [0.15, 0.2) is 12.0 Å². The molecule has 0 saturated carbocycles. The van der Waals surface area contributed by atoms with Gasteiger partial charge in [-0.25, -0.2) is 0 Å². The lowest BCUT2D eigenvalue weighted by atomic mass is 10.1. The number of rotatable bonds is 8. The van der Waals surface area contributed by atoms with E-state index >= 15 is 0 Å². The van der Waals surface area contributed by atoms with Crippen LogP contribution in [0.1, 0.15) is 81.6 Å². The lowest BCUT2D eigenvalue weighted by Gasteiger charge is -2.45. The molecule has 1 rings (SSSR count). The Morgan fingerprint density at radius 2 is 1.61 bits per heavy atom. The van der Waals surface area contributed by atoms with Crippen molar-refractivity contribution in [1.82, 2.24) is 0 Å². The number of unbranched alkanes of at least 4 members (excludes halogenated alkanes) is 1. The van der Waals surface area contributed by atoms with Crippen molar-refractivity contribution in [3.63, 3.8) is 0 Å². The van der Waals surface area contributed by atoms with Gasteiger partial charge in [-0.1, -0.05) is 61.3 Å². The van der Waals surface area contributed by atoms with E-state index in [1.54, 1.807) is 0 Å². The highest BCUT2D eigenvalue weighted by Crippen LogP contribution is 2.45. The number of hydrogen-bond acceptors (Lipinski definition) is 3. The molecule has 0 aromatic heterocycles. The molecule has 0 aromatic carbocycles. The molecule has 0 unspecified atom stereocenters. The molecule has 4 heteroatoms. The van der Waals surface area contributed by atoms with E-state index in [1.807, 2.05) is 20.1 Å². The quantitative estimate of drug-likeness (QED) is 0.480. The van der Waals surface area contributed by atoms with Gasteiger partial charge in [-0.15, -0.1) is 0 Å². The fourth-order valence-electron chi connectivity index (χ4n) is 3.94. The van der Waals surface area contributed by atoms with Crippen molar-refractivity contribution in [2.75, 3.05) is 0 Å². The summed E-state index contributed by atoms with van der Waals surface area (Å²) >= 11 is 0. The Morgan fingerprint density at radius 1 is 1.09 bits per heavy atom. The summed E-state index contributed by atoms with van der Waals surface area (Å²) in [4.78, 5) is 0. The second-order valence-corrected chi connectivity index (χ2v) is 13.6. The van der Waals surface area contributed by atoms with E-state index in [4.69, 9.17) is 13.9 Å². The largest absolute Gasteiger partial charge is 0.542 e. The summed E-state index contributed by atoms with van der Waals surface area (Å²) in [5.74, 6) is 0.351. The van der Waals surface area contributed by atoms with E-state index in [1.165, 1.54) is 0 Å². The van der Waals surface area contributed by atoms with Gasteiger partial charge in [0.2, 0.25) is 5.79 Å². The van der Waals surface area contributed by atoms with Crippen LogP contribution >= 0.6 is 0 Å². The Labute approximate surface area is 144 Å². The van der Waals surface area contributed by atoms with Crippen LogP contribution < -0.4 is 0 Å². The van der Waals surface area contributed by atoms with Crippen molar-refractivity contribution in [3.05, 3.63) is 12.0 Å². The first-order chi connectivity index (χ1) is 10.6. The molecule has 0 amide bonds. The van der Waals surface area contributed by atoms with Gasteiger partial charge in [-0.2, -0.15) is 0 Å². The van der Waals surface area contributed by atoms with Crippen LogP contribution in [0.25, 0.3) is 0 Å². The van der Waals surface area contributed by atoms with Gasteiger partial charge in [-0.3, -0.25) is 0 Å². The van der Waals surface area contributed by atoms with E-state index in [0.717, 1.165) is 25.0 Å². The van der Waals surface area contributed by atoms with E-state index < -0.39 is 14.1 Å². The molecule has 0 radical (unpaired) electrons. The van der Waals surface area contributed by atoms with Crippen LogP contribution in [0, 0.1) is 0 Å². The Hall–Kier alpha value is -0.483. The van der Waals surface area contributed by atoms with Gasteiger partial charge in [0.25, 0.3) is 8.32 Å². The Bertz CT molecular complexity index is 378. The maximum Gasteiger partial charge on any atom is 0.258 e. The average Bonchev–Trinajstić information content (AvgIpc) is 2.42. The third-order valence-electron chi connectivity index (χ3n) is 5.02. The summed E-state index contributed by atoms with van der Waals surface area (Å²) in [6.07, 6.45) is 5.14. The second kappa shape index (κ2) is 8.06. The monoisotopic (exact) mass is 342 g/mol. The summed E-state index contributed by atoms with van der Waals surface area (Å²) in [7, 11) is -1.97. The molecule has 3 nitrogen and oxygen atoms in total. The van der Waals surface area contributed by atoms with Crippen molar-refractivity contribution < 1.29 is 13.9 Å². The summed E-state index contributed by atoms with van der Waals surface area (Å²) in [6.45, 7) is 20.0. The number of ether oxygens (including phenoxy) is 2. The fourth-order valence-corrected chi connectivity index (χ4v) is 9.24. The van der Waals surface area contributed by atoms with Crippen LogP contribution in [0.3, 0.4) is 0 Å². The van der Waals surface area contributed by atoms with Crippen LogP contribution in [0.5, 0.6) is 0 Å². The summed E-state index contributed by atoms with van der Waals surface area (Å²) in [5.41, 5.74) is 1.64. The molecule has 136 valence electrons. The molecule has 0 aliphatic carbocycles. The van der Waals surface area contributed by atoms with Crippen LogP contribution in [0.4, 0.5) is 0 Å². The molecule has 0 saturated heterocycles. The third-order valence-corrected chi connectivity index (χ3v) is 11.0. The van der Waals surface area contributed by atoms with Gasteiger partial charge in [0.1, 0.15) is 18.1 Å². The van der Waals surface area contributed by atoms with Gasteiger partial charge in [0.15, 0.2) is 0 Å². The zero-order chi connectivity index (χ0) is 17.8. The molecular weight excluding hydrogens is 304 g/mol. The highest BCUT2D eigenvalue weighted by atomic mass is 28.4. The second-order valence-electron chi connectivity index (χ2n) is 8.21. The first-order valence-corrected chi connectivity index (χ1v) is 11.5. The minimum Gasteiger partial charge on any atom is -0.542 e. The van der Waals surface area contributed by atoms with Gasteiger partial charge in [0.05, 0.1) is 0 Å². The van der Waals surface area contributed by atoms with Gasteiger partial charge >= 0.3 is 0 Å². The molecule has 0 bridgehead atoms. The smallest absolute Gasteiger partial charge is 0.258 e. The molecule has 0 fully saturated rings. The molecule has 1 atom stereocenters. The Kier molecular flexibility index (Phi) is 7.21. The summed E-state index contributed by atoms with van der Waals surface area (Å²) in [6, 6.07) is 0. The molecule has 0 N–H and O–H groups in total. The molecule has 1 heterocycles. The molecular formula is C19H38O3Si.